The number of rotatable bonds is 2. The first kappa shape index (κ1) is 9.79. The van der Waals surface area contributed by atoms with Gasteiger partial charge in [-0.1, -0.05) is 0 Å². The van der Waals surface area contributed by atoms with E-state index in [1.54, 1.807) is 0 Å². The molecule has 1 saturated carbocycles. The lowest BCUT2D eigenvalue weighted by atomic mass is 10.2. The fourth-order valence-corrected chi connectivity index (χ4v) is 3.28. The monoisotopic (exact) mass is 232 g/mol. The van der Waals surface area contributed by atoms with Gasteiger partial charge in [0.2, 0.25) is 5.95 Å². The topological polar surface area (TPSA) is 61.3 Å². The fraction of sp³-hybridized carbons (Fsp3) is 0.667. The number of hydrogen-bond acceptors (Lipinski definition) is 5. The lowest BCUT2D eigenvalue weighted by molar-refractivity contribution is 0.260. The van der Waals surface area contributed by atoms with Crippen molar-refractivity contribution >= 4 is 5.95 Å². The highest BCUT2D eigenvalue weighted by Crippen LogP contribution is 2.51. The molecule has 1 aromatic heterocycles. The Morgan fingerprint density at radius 2 is 2.18 bits per heavy atom. The summed E-state index contributed by atoms with van der Waals surface area (Å²) in [5, 5.41) is 12.4. The number of hydrogen-bond donors (Lipinski definition) is 2. The Balaban J connectivity index is 1.54. The average Bonchev–Trinajstić information content (AvgIpc) is 2.75. The second-order valence-corrected chi connectivity index (χ2v) is 5.32. The lowest BCUT2D eigenvalue weighted by Crippen LogP contribution is -2.26. The Bertz CT molecular complexity index is 452. The standard InChI is InChI=1S/C12H16N4O/c17-6-10-8-4-16(5-9(8)10)12-14-2-7-1-13-3-11(7)15-12/h2,8-10,13,17H,1,3-6H2/t8-,9+,10+. The maximum absolute atomic E-state index is 9.14. The van der Waals surface area contributed by atoms with E-state index < -0.39 is 0 Å². The van der Waals surface area contributed by atoms with Crippen molar-refractivity contribution in [3.63, 3.8) is 0 Å². The van der Waals surface area contributed by atoms with Crippen molar-refractivity contribution < 1.29 is 5.11 Å². The van der Waals surface area contributed by atoms with Crippen LogP contribution in [0.5, 0.6) is 0 Å². The Morgan fingerprint density at radius 3 is 2.94 bits per heavy atom. The molecular weight excluding hydrogens is 216 g/mol. The highest BCUT2D eigenvalue weighted by atomic mass is 16.3. The first-order valence-corrected chi connectivity index (χ1v) is 6.28. The summed E-state index contributed by atoms with van der Waals surface area (Å²) in [5.41, 5.74) is 2.38. The van der Waals surface area contributed by atoms with Crippen LogP contribution < -0.4 is 10.2 Å². The molecule has 17 heavy (non-hydrogen) atoms. The molecule has 0 spiro atoms. The highest BCUT2D eigenvalue weighted by Gasteiger charge is 2.55. The number of fused-ring (bicyclic) bond motifs is 2. The molecule has 3 aliphatic rings. The molecule has 1 saturated heterocycles. The molecule has 3 atom stereocenters. The van der Waals surface area contributed by atoms with Crippen LogP contribution in [0.1, 0.15) is 11.3 Å². The van der Waals surface area contributed by atoms with E-state index in [4.69, 9.17) is 5.11 Å². The van der Waals surface area contributed by atoms with Crippen molar-refractivity contribution in [2.75, 3.05) is 24.6 Å². The molecule has 1 aromatic rings. The van der Waals surface area contributed by atoms with E-state index >= 15 is 0 Å². The van der Waals surface area contributed by atoms with Gasteiger partial charge in [0.05, 0.1) is 5.69 Å². The Morgan fingerprint density at radius 1 is 1.35 bits per heavy atom. The summed E-state index contributed by atoms with van der Waals surface area (Å²) in [6.07, 6.45) is 1.95. The lowest BCUT2D eigenvalue weighted by Gasteiger charge is -2.19. The smallest absolute Gasteiger partial charge is 0.225 e. The maximum atomic E-state index is 9.14. The maximum Gasteiger partial charge on any atom is 0.225 e. The van der Waals surface area contributed by atoms with E-state index in [0.717, 1.165) is 37.8 Å². The third-order valence-corrected chi connectivity index (χ3v) is 4.41. The molecule has 4 rings (SSSR count). The van der Waals surface area contributed by atoms with Gasteiger partial charge in [-0.25, -0.2) is 9.97 Å². The van der Waals surface area contributed by atoms with E-state index in [2.05, 4.69) is 20.2 Å². The summed E-state index contributed by atoms with van der Waals surface area (Å²) in [5.74, 6) is 2.77. The Hall–Kier alpha value is -1.20. The first-order chi connectivity index (χ1) is 8.36. The minimum absolute atomic E-state index is 0.345. The van der Waals surface area contributed by atoms with Crippen LogP contribution in [0.2, 0.25) is 0 Å². The highest BCUT2D eigenvalue weighted by molar-refractivity contribution is 5.38. The first-order valence-electron chi connectivity index (χ1n) is 6.28. The molecule has 90 valence electrons. The normalized spacial score (nSPS) is 33.7. The molecule has 0 bridgehead atoms. The summed E-state index contributed by atoms with van der Waals surface area (Å²) >= 11 is 0. The number of anilines is 1. The van der Waals surface area contributed by atoms with Crippen molar-refractivity contribution in [2.24, 2.45) is 17.8 Å². The van der Waals surface area contributed by atoms with E-state index in [-0.39, 0.29) is 0 Å². The number of nitrogens with one attached hydrogen (secondary N) is 1. The number of piperidine rings is 1. The zero-order valence-electron chi connectivity index (χ0n) is 9.63. The molecular formula is C12H16N4O. The van der Waals surface area contributed by atoms with Crippen LogP contribution in [-0.4, -0.2) is 34.8 Å². The van der Waals surface area contributed by atoms with Crippen LogP contribution >= 0.6 is 0 Å². The minimum Gasteiger partial charge on any atom is -0.396 e. The van der Waals surface area contributed by atoms with Gasteiger partial charge in [-0.3, -0.25) is 0 Å². The molecule has 0 unspecified atom stereocenters. The summed E-state index contributed by atoms with van der Waals surface area (Å²) in [7, 11) is 0. The molecule has 3 heterocycles. The second kappa shape index (κ2) is 3.40. The molecule has 0 amide bonds. The number of aliphatic hydroxyl groups excluding tert-OH is 1. The van der Waals surface area contributed by atoms with Crippen molar-refractivity contribution in [3.05, 3.63) is 17.5 Å². The van der Waals surface area contributed by atoms with E-state index in [9.17, 15) is 0 Å². The molecule has 2 fully saturated rings. The van der Waals surface area contributed by atoms with Gasteiger partial charge >= 0.3 is 0 Å². The van der Waals surface area contributed by atoms with Crippen molar-refractivity contribution in [2.45, 2.75) is 13.1 Å². The molecule has 5 nitrogen and oxygen atoms in total. The van der Waals surface area contributed by atoms with Crippen LogP contribution in [0.4, 0.5) is 5.95 Å². The molecule has 0 aromatic carbocycles. The van der Waals surface area contributed by atoms with Gasteiger partial charge in [-0.2, -0.15) is 0 Å². The molecule has 2 N–H and O–H groups in total. The third-order valence-electron chi connectivity index (χ3n) is 4.41. The summed E-state index contributed by atoms with van der Waals surface area (Å²) < 4.78 is 0. The minimum atomic E-state index is 0.345. The van der Waals surface area contributed by atoms with E-state index in [0.29, 0.717) is 24.4 Å². The SMILES string of the molecule is OC[C@@H]1[C@H]2CN(c3ncc4c(n3)CNC4)C[C@@H]12. The fourth-order valence-electron chi connectivity index (χ4n) is 3.28. The summed E-state index contributed by atoms with van der Waals surface area (Å²) in [6.45, 7) is 4.14. The van der Waals surface area contributed by atoms with Crippen LogP contribution in [0.25, 0.3) is 0 Å². The van der Waals surface area contributed by atoms with E-state index in [1.807, 2.05) is 6.20 Å². The summed E-state index contributed by atoms with van der Waals surface area (Å²) in [6, 6.07) is 0. The molecule has 5 heteroatoms. The van der Waals surface area contributed by atoms with Crippen molar-refractivity contribution in [1.29, 1.82) is 0 Å². The predicted molar refractivity (Wildman–Crippen MR) is 62.3 cm³/mol. The molecule has 0 radical (unpaired) electrons. The van der Waals surface area contributed by atoms with Gasteiger partial charge in [-0.15, -0.1) is 0 Å². The zero-order chi connectivity index (χ0) is 11.4. The summed E-state index contributed by atoms with van der Waals surface area (Å²) in [4.78, 5) is 11.3. The molecule has 1 aliphatic carbocycles. The zero-order valence-corrected chi connectivity index (χ0v) is 9.63. The number of nitrogens with zero attached hydrogens (tertiary/aromatic N) is 3. The Labute approximate surface area is 99.9 Å². The number of aliphatic hydroxyl groups is 1. The van der Waals surface area contributed by atoms with Crippen LogP contribution in [0.3, 0.4) is 0 Å². The largest absolute Gasteiger partial charge is 0.396 e. The third kappa shape index (κ3) is 1.39. The van der Waals surface area contributed by atoms with E-state index in [1.165, 1.54) is 5.56 Å². The van der Waals surface area contributed by atoms with Crippen LogP contribution in [0, 0.1) is 17.8 Å². The van der Waals surface area contributed by atoms with Gasteiger partial charge in [0.25, 0.3) is 0 Å². The van der Waals surface area contributed by atoms with Crippen molar-refractivity contribution in [3.8, 4) is 0 Å². The van der Waals surface area contributed by atoms with Gasteiger partial charge in [0.1, 0.15) is 0 Å². The molecule has 2 aliphatic heterocycles. The van der Waals surface area contributed by atoms with Gasteiger partial charge in [0.15, 0.2) is 0 Å². The van der Waals surface area contributed by atoms with Crippen LogP contribution in [0.15, 0.2) is 6.20 Å². The van der Waals surface area contributed by atoms with Crippen LogP contribution in [-0.2, 0) is 13.1 Å². The van der Waals surface area contributed by atoms with Gasteiger partial charge in [-0.05, 0) is 17.8 Å². The average molecular weight is 232 g/mol. The second-order valence-electron chi connectivity index (χ2n) is 5.32. The predicted octanol–water partition coefficient (Wildman–Crippen LogP) is -0.246. The van der Waals surface area contributed by atoms with Gasteiger partial charge < -0.3 is 15.3 Å². The Kier molecular flexibility index (Phi) is 1.96. The quantitative estimate of drug-likeness (QED) is 0.736. The number of aromatic nitrogens is 2. The van der Waals surface area contributed by atoms with Gasteiger partial charge in [0, 0.05) is 44.5 Å². The van der Waals surface area contributed by atoms with Crippen molar-refractivity contribution in [1.82, 2.24) is 15.3 Å².